The molecule has 1 aromatic heterocycles. The number of hydrogen-bond acceptors (Lipinski definition) is 6. The molecule has 1 N–H and O–H groups in total. The van der Waals surface area contributed by atoms with Crippen LogP contribution in [0.15, 0.2) is 48.7 Å². The number of anilines is 1. The first-order chi connectivity index (χ1) is 11.7. The van der Waals surface area contributed by atoms with Gasteiger partial charge in [-0.25, -0.2) is 14.5 Å². The Labute approximate surface area is 142 Å². The molecular weight excluding hydrogens is 330 g/mol. The van der Waals surface area contributed by atoms with E-state index in [1.54, 1.807) is 24.3 Å². The van der Waals surface area contributed by atoms with Gasteiger partial charge in [0, 0.05) is 17.3 Å². The molecule has 24 heavy (non-hydrogen) atoms. The summed E-state index contributed by atoms with van der Waals surface area (Å²) in [6, 6.07) is 12.2. The zero-order valence-electron chi connectivity index (χ0n) is 13.1. The molecule has 0 atom stereocenters. The Morgan fingerprint density at radius 1 is 1.08 bits per heavy atom. The maximum atomic E-state index is 11.8. The maximum absolute atomic E-state index is 11.8. The molecule has 7 nitrogen and oxygen atoms in total. The summed E-state index contributed by atoms with van der Waals surface area (Å²) in [6.45, 7) is 0. The highest BCUT2D eigenvalue weighted by Gasteiger charge is 2.12. The first-order valence-corrected chi connectivity index (χ1v) is 7.78. The van der Waals surface area contributed by atoms with Crippen molar-refractivity contribution >= 4 is 33.3 Å². The molecule has 2 amide bonds. The Morgan fingerprint density at radius 2 is 1.79 bits per heavy atom. The number of rotatable bonds is 5. The van der Waals surface area contributed by atoms with Crippen LogP contribution in [0.1, 0.15) is 0 Å². The van der Waals surface area contributed by atoms with Crippen molar-refractivity contribution in [1.82, 2.24) is 9.60 Å². The lowest BCUT2D eigenvalue weighted by Gasteiger charge is -2.16. The van der Waals surface area contributed by atoms with Crippen molar-refractivity contribution in [3.8, 4) is 11.5 Å². The second-order valence-electron chi connectivity index (χ2n) is 4.70. The number of carbonyl (C=O) groups is 1. The van der Waals surface area contributed by atoms with Gasteiger partial charge in [-0.15, -0.1) is 0 Å². The minimum absolute atomic E-state index is 0.538. The van der Waals surface area contributed by atoms with Gasteiger partial charge in [-0.05, 0) is 54.0 Å². The van der Waals surface area contributed by atoms with Crippen LogP contribution in [-0.4, -0.2) is 29.9 Å². The first kappa shape index (κ1) is 16.2. The molecular formula is C16H15N3O4S. The number of amides is 2. The maximum Gasteiger partial charge on any atom is 0.371 e. The van der Waals surface area contributed by atoms with Crippen LogP contribution >= 0.6 is 11.5 Å². The van der Waals surface area contributed by atoms with Gasteiger partial charge in [-0.1, -0.05) is 5.23 Å². The number of nitrogens with zero attached hydrogens (tertiary/aromatic N) is 2. The molecule has 8 heteroatoms. The number of ether oxygens (including phenoxy) is 1. The van der Waals surface area contributed by atoms with E-state index in [0.717, 1.165) is 21.1 Å². The lowest BCUT2D eigenvalue weighted by Crippen LogP contribution is -2.32. The Bertz CT molecular complexity index is 831. The second kappa shape index (κ2) is 7.26. The number of urea groups is 1. The number of benzene rings is 2. The third kappa shape index (κ3) is 3.62. The fraction of sp³-hybridized carbons (Fsp3) is 0.125. The number of aromatic nitrogens is 1. The van der Waals surface area contributed by atoms with Crippen LogP contribution in [0, 0.1) is 0 Å². The highest BCUT2D eigenvalue weighted by atomic mass is 32.1. The van der Waals surface area contributed by atoms with Crippen molar-refractivity contribution in [2.45, 2.75) is 0 Å². The number of fused-ring (bicyclic) bond motifs is 1. The average Bonchev–Trinajstić information content (AvgIpc) is 3.05. The van der Waals surface area contributed by atoms with Crippen molar-refractivity contribution < 1.29 is 19.2 Å². The van der Waals surface area contributed by atoms with Gasteiger partial charge in [-0.3, -0.25) is 0 Å². The first-order valence-electron chi connectivity index (χ1n) is 7.01. The van der Waals surface area contributed by atoms with Crippen molar-refractivity contribution in [2.75, 3.05) is 19.5 Å². The summed E-state index contributed by atoms with van der Waals surface area (Å²) in [4.78, 5) is 21.2. The normalized spacial score (nSPS) is 10.6. The largest absolute Gasteiger partial charge is 0.457 e. The van der Waals surface area contributed by atoms with Gasteiger partial charge in [0.25, 0.3) is 0 Å². The molecule has 0 saturated heterocycles. The van der Waals surface area contributed by atoms with E-state index < -0.39 is 6.03 Å². The molecule has 0 saturated carbocycles. The van der Waals surface area contributed by atoms with Gasteiger partial charge in [0.1, 0.15) is 11.5 Å². The monoisotopic (exact) mass is 345 g/mol. The van der Waals surface area contributed by atoms with Crippen LogP contribution in [0.5, 0.6) is 11.5 Å². The Hall–Kier alpha value is -2.68. The van der Waals surface area contributed by atoms with Crippen molar-refractivity contribution in [1.29, 1.82) is 0 Å². The smallest absolute Gasteiger partial charge is 0.371 e. The summed E-state index contributed by atoms with van der Waals surface area (Å²) in [5.41, 5.74) is 0.587. The van der Waals surface area contributed by atoms with E-state index in [4.69, 9.17) is 14.4 Å². The van der Waals surface area contributed by atoms with Crippen LogP contribution in [-0.2, 0) is 9.68 Å². The Balaban J connectivity index is 1.66. The molecule has 0 aliphatic rings. The molecule has 3 aromatic rings. The van der Waals surface area contributed by atoms with E-state index in [1.165, 1.54) is 25.8 Å². The minimum atomic E-state index is -0.538. The molecule has 124 valence electrons. The van der Waals surface area contributed by atoms with Crippen molar-refractivity contribution in [3.63, 3.8) is 0 Å². The van der Waals surface area contributed by atoms with E-state index in [9.17, 15) is 4.79 Å². The quantitative estimate of drug-likeness (QED) is 0.706. The van der Waals surface area contributed by atoms with E-state index in [-0.39, 0.29) is 0 Å². The highest BCUT2D eigenvalue weighted by molar-refractivity contribution is 7.13. The summed E-state index contributed by atoms with van der Waals surface area (Å²) >= 11 is 1.45. The molecule has 0 spiro atoms. The third-order valence-corrected chi connectivity index (χ3v) is 3.94. The van der Waals surface area contributed by atoms with Crippen LogP contribution < -0.4 is 10.1 Å². The summed E-state index contributed by atoms with van der Waals surface area (Å²) in [5.74, 6) is 1.38. The molecule has 0 unspecified atom stereocenters. The summed E-state index contributed by atoms with van der Waals surface area (Å²) in [5, 5.41) is 4.40. The summed E-state index contributed by atoms with van der Waals surface area (Å²) in [7, 11) is 2.67. The van der Waals surface area contributed by atoms with Crippen molar-refractivity contribution in [3.05, 3.63) is 48.7 Å². The molecule has 2 aromatic carbocycles. The number of hydrogen-bond donors (Lipinski definition) is 1. The lowest BCUT2D eigenvalue weighted by atomic mass is 10.2. The van der Waals surface area contributed by atoms with Crippen LogP contribution in [0.2, 0.25) is 0 Å². The van der Waals surface area contributed by atoms with Crippen LogP contribution in [0.4, 0.5) is 10.5 Å². The van der Waals surface area contributed by atoms with Gasteiger partial charge in [0.2, 0.25) is 0 Å². The summed E-state index contributed by atoms with van der Waals surface area (Å²) < 4.78 is 11.1. The standard InChI is InChI=1S/C16H15N3O4S/c1-21-19(22-2)16(20)18-12-3-5-13(6-4-12)23-14-7-8-15-11(9-14)10-17-24-15/h3-10H,1-2H3,(H,18,20). The molecule has 0 fully saturated rings. The number of carbonyl (C=O) groups excluding carboxylic acids is 1. The van der Waals surface area contributed by atoms with Crippen LogP contribution in [0.25, 0.3) is 10.1 Å². The van der Waals surface area contributed by atoms with Crippen molar-refractivity contribution in [2.24, 2.45) is 0 Å². The Morgan fingerprint density at radius 3 is 2.50 bits per heavy atom. The number of nitrogens with one attached hydrogen (secondary N) is 1. The predicted octanol–water partition coefficient (Wildman–Crippen LogP) is 4.05. The third-order valence-electron chi connectivity index (χ3n) is 3.16. The van der Waals surface area contributed by atoms with Gasteiger partial charge in [0.15, 0.2) is 0 Å². The van der Waals surface area contributed by atoms with E-state index in [1.807, 2.05) is 24.4 Å². The SMILES string of the molecule is CON(OC)C(=O)Nc1ccc(Oc2ccc3sncc3c2)cc1. The van der Waals surface area contributed by atoms with E-state index in [0.29, 0.717) is 11.4 Å². The van der Waals surface area contributed by atoms with Gasteiger partial charge in [-0.2, -0.15) is 4.37 Å². The molecule has 0 bridgehead atoms. The average molecular weight is 345 g/mol. The van der Waals surface area contributed by atoms with Gasteiger partial charge in [0.05, 0.1) is 18.9 Å². The minimum Gasteiger partial charge on any atom is -0.457 e. The Kier molecular flexibility index (Phi) is 4.90. The fourth-order valence-corrected chi connectivity index (χ4v) is 2.69. The molecule has 1 heterocycles. The van der Waals surface area contributed by atoms with E-state index >= 15 is 0 Å². The predicted molar refractivity (Wildman–Crippen MR) is 91.0 cm³/mol. The second-order valence-corrected chi connectivity index (χ2v) is 5.54. The molecule has 0 aliphatic heterocycles. The number of hydroxylamine groups is 2. The summed E-state index contributed by atoms with van der Waals surface area (Å²) in [6.07, 6.45) is 1.81. The zero-order valence-corrected chi connectivity index (χ0v) is 13.9. The molecule has 0 aliphatic carbocycles. The molecule has 0 radical (unpaired) electrons. The zero-order chi connectivity index (χ0) is 16.9. The topological polar surface area (TPSA) is 72.9 Å². The fourth-order valence-electron chi connectivity index (χ4n) is 2.07. The van der Waals surface area contributed by atoms with Gasteiger partial charge >= 0.3 is 6.03 Å². The van der Waals surface area contributed by atoms with E-state index in [2.05, 4.69) is 9.69 Å². The lowest BCUT2D eigenvalue weighted by molar-refractivity contribution is -0.295. The van der Waals surface area contributed by atoms with Crippen LogP contribution in [0.3, 0.4) is 0 Å². The molecule has 3 rings (SSSR count). The highest BCUT2D eigenvalue weighted by Crippen LogP contribution is 2.27. The van der Waals surface area contributed by atoms with Gasteiger partial charge < -0.3 is 10.1 Å².